The number of benzene rings is 1. The molecular formula is C14H22N2O2S. The zero-order valence-electron chi connectivity index (χ0n) is 11.6. The largest absolute Gasteiger partial charge is 0.326 e. The van der Waals surface area contributed by atoms with E-state index in [0.717, 1.165) is 24.0 Å². The first-order valence-corrected chi connectivity index (χ1v) is 8.19. The lowest BCUT2D eigenvalue weighted by Gasteiger charge is -2.30. The standard InChI is InChI=1S/C14H22N2O2S/c1-11-5-7-16(8-6-11)19(17,18)14-9-13(10-15)4-3-12(14)2/h3-4,9,11H,5-8,10,15H2,1-2H3. The second-order valence-corrected chi connectivity index (χ2v) is 7.30. The molecule has 1 fully saturated rings. The quantitative estimate of drug-likeness (QED) is 0.920. The highest BCUT2D eigenvalue weighted by Gasteiger charge is 2.29. The number of hydrogen-bond acceptors (Lipinski definition) is 3. The molecule has 2 rings (SSSR count). The monoisotopic (exact) mass is 282 g/mol. The summed E-state index contributed by atoms with van der Waals surface area (Å²) >= 11 is 0. The highest BCUT2D eigenvalue weighted by atomic mass is 32.2. The van der Waals surface area contributed by atoms with Crippen LogP contribution in [-0.2, 0) is 16.6 Å². The normalized spacial score (nSPS) is 18.7. The van der Waals surface area contributed by atoms with Crippen LogP contribution >= 0.6 is 0 Å². The molecule has 0 aromatic heterocycles. The molecule has 0 bridgehead atoms. The Bertz CT molecular complexity index is 547. The maximum atomic E-state index is 12.7. The van der Waals surface area contributed by atoms with Crippen molar-refractivity contribution in [3.05, 3.63) is 29.3 Å². The predicted octanol–water partition coefficient (Wildman–Crippen LogP) is 1.87. The van der Waals surface area contributed by atoms with Crippen molar-refractivity contribution < 1.29 is 8.42 Å². The fraction of sp³-hybridized carbons (Fsp3) is 0.571. The van der Waals surface area contributed by atoms with Crippen LogP contribution in [0.15, 0.2) is 23.1 Å². The van der Waals surface area contributed by atoms with Crippen molar-refractivity contribution in [2.24, 2.45) is 11.7 Å². The fourth-order valence-electron chi connectivity index (χ4n) is 2.41. The molecule has 2 N–H and O–H groups in total. The highest BCUT2D eigenvalue weighted by Crippen LogP contribution is 2.26. The Hall–Kier alpha value is -0.910. The Labute approximate surface area is 115 Å². The lowest BCUT2D eigenvalue weighted by Crippen LogP contribution is -2.38. The molecule has 0 aliphatic carbocycles. The third kappa shape index (κ3) is 2.99. The van der Waals surface area contributed by atoms with E-state index in [4.69, 9.17) is 5.73 Å². The highest BCUT2D eigenvalue weighted by molar-refractivity contribution is 7.89. The van der Waals surface area contributed by atoms with Crippen LogP contribution in [0.3, 0.4) is 0 Å². The third-order valence-electron chi connectivity index (χ3n) is 3.85. The lowest BCUT2D eigenvalue weighted by molar-refractivity contribution is 0.288. The van der Waals surface area contributed by atoms with Gasteiger partial charge >= 0.3 is 0 Å². The number of sulfonamides is 1. The van der Waals surface area contributed by atoms with E-state index in [-0.39, 0.29) is 0 Å². The second kappa shape index (κ2) is 5.61. The molecule has 1 aliphatic rings. The molecule has 1 aromatic rings. The van der Waals surface area contributed by atoms with Crippen LogP contribution in [0.25, 0.3) is 0 Å². The van der Waals surface area contributed by atoms with Crippen molar-refractivity contribution in [3.63, 3.8) is 0 Å². The summed E-state index contributed by atoms with van der Waals surface area (Å²) in [6.45, 7) is 5.61. The van der Waals surface area contributed by atoms with Crippen LogP contribution in [0.2, 0.25) is 0 Å². The second-order valence-electron chi connectivity index (χ2n) is 5.39. The summed E-state index contributed by atoms with van der Waals surface area (Å²) in [5.41, 5.74) is 7.24. The number of nitrogens with two attached hydrogens (primary N) is 1. The van der Waals surface area contributed by atoms with E-state index in [2.05, 4.69) is 6.92 Å². The van der Waals surface area contributed by atoms with E-state index in [9.17, 15) is 8.42 Å². The third-order valence-corrected chi connectivity index (χ3v) is 5.89. The fourth-order valence-corrected chi connectivity index (χ4v) is 4.16. The van der Waals surface area contributed by atoms with Gasteiger partial charge in [0.15, 0.2) is 0 Å². The molecular weight excluding hydrogens is 260 g/mol. The molecule has 4 nitrogen and oxygen atoms in total. The van der Waals surface area contributed by atoms with Gasteiger partial charge in [-0.3, -0.25) is 0 Å². The van der Waals surface area contributed by atoms with Crippen molar-refractivity contribution in [2.75, 3.05) is 13.1 Å². The topological polar surface area (TPSA) is 63.4 Å². The van der Waals surface area contributed by atoms with Crippen molar-refractivity contribution in [3.8, 4) is 0 Å². The van der Waals surface area contributed by atoms with E-state index < -0.39 is 10.0 Å². The van der Waals surface area contributed by atoms with Crippen LogP contribution in [0.1, 0.15) is 30.9 Å². The van der Waals surface area contributed by atoms with Gasteiger partial charge < -0.3 is 5.73 Å². The Morgan fingerprint density at radius 3 is 2.53 bits per heavy atom. The van der Waals surface area contributed by atoms with E-state index in [1.165, 1.54) is 0 Å². The van der Waals surface area contributed by atoms with Gasteiger partial charge in [-0.15, -0.1) is 0 Å². The molecule has 1 aliphatic heterocycles. The number of hydrogen-bond donors (Lipinski definition) is 1. The van der Waals surface area contributed by atoms with Crippen molar-refractivity contribution >= 4 is 10.0 Å². The van der Waals surface area contributed by atoms with E-state index in [1.54, 1.807) is 10.4 Å². The molecule has 0 unspecified atom stereocenters. The zero-order chi connectivity index (χ0) is 14.0. The van der Waals surface area contributed by atoms with Gasteiger partial charge in [-0.05, 0) is 42.9 Å². The zero-order valence-corrected chi connectivity index (χ0v) is 12.4. The Morgan fingerprint density at radius 2 is 1.95 bits per heavy atom. The van der Waals surface area contributed by atoms with E-state index >= 15 is 0 Å². The summed E-state index contributed by atoms with van der Waals surface area (Å²) in [5, 5.41) is 0. The predicted molar refractivity (Wildman–Crippen MR) is 76.2 cm³/mol. The maximum absolute atomic E-state index is 12.7. The van der Waals surface area contributed by atoms with Gasteiger partial charge in [-0.2, -0.15) is 4.31 Å². The van der Waals surface area contributed by atoms with Gasteiger partial charge in [0.05, 0.1) is 4.90 Å². The molecule has 0 saturated carbocycles. The number of piperidine rings is 1. The van der Waals surface area contributed by atoms with Gasteiger partial charge in [0.2, 0.25) is 10.0 Å². The first-order valence-electron chi connectivity index (χ1n) is 6.75. The Morgan fingerprint density at radius 1 is 1.32 bits per heavy atom. The summed E-state index contributed by atoms with van der Waals surface area (Å²) in [6.07, 6.45) is 1.88. The Balaban J connectivity index is 2.34. The average molecular weight is 282 g/mol. The van der Waals surface area contributed by atoms with E-state index in [0.29, 0.717) is 30.4 Å². The van der Waals surface area contributed by atoms with Gasteiger partial charge in [0.1, 0.15) is 0 Å². The molecule has 0 spiro atoms. The number of rotatable bonds is 3. The molecule has 1 saturated heterocycles. The van der Waals surface area contributed by atoms with Crippen molar-refractivity contribution in [2.45, 2.75) is 38.1 Å². The smallest absolute Gasteiger partial charge is 0.243 e. The van der Waals surface area contributed by atoms with Gasteiger partial charge in [0, 0.05) is 19.6 Å². The molecule has 5 heteroatoms. The molecule has 0 radical (unpaired) electrons. The minimum absolute atomic E-state index is 0.361. The Kier molecular flexibility index (Phi) is 4.28. The lowest BCUT2D eigenvalue weighted by atomic mass is 10.0. The average Bonchev–Trinajstić information content (AvgIpc) is 2.39. The molecule has 0 atom stereocenters. The number of aryl methyl sites for hydroxylation is 1. The summed E-state index contributed by atoms with van der Waals surface area (Å²) < 4.78 is 26.9. The van der Waals surface area contributed by atoms with Gasteiger partial charge in [0.25, 0.3) is 0 Å². The first kappa shape index (κ1) is 14.5. The molecule has 1 heterocycles. The first-order chi connectivity index (χ1) is 8.95. The van der Waals surface area contributed by atoms with Crippen LogP contribution < -0.4 is 5.73 Å². The maximum Gasteiger partial charge on any atom is 0.243 e. The molecule has 0 amide bonds. The number of nitrogens with zero attached hydrogens (tertiary/aromatic N) is 1. The van der Waals surface area contributed by atoms with Crippen LogP contribution in [0, 0.1) is 12.8 Å². The van der Waals surface area contributed by atoms with Crippen LogP contribution in [-0.4, -0.2) is 25.8 Å². The minimum atomic E-state index is -3.37. The summed E-state index contributed by atoms with van der Waals surface area (Å²) in [7, 11) is -3.37. The van der Waals surface area contributed by atoms with Crippen molar-refractivity contribution in [1.82, 2.24) is 4.31 Å². The summed E-state index contributed by atoms with van der Waals surface area (Å²) in [5.74, 6) is 0.614. The van der Waals surface area contributed by atoms with E-state index in [1.807, 2.05) is 19.1 Å². The van der Waals surface area contributed by atoms with Crippen molar-refractivity contribution in [1.29, 1.82) is 0 Å². The summed E-state index contributed by atoms with van der Waals surface area (Å²) in [6, 6.07) is 5.43. The minimum Gasteiger partial charge on any atom is -0.326 e. The van der Waals surface area contributed by atoms with Gasteiger partial charge in [-0.1, -0.05) is 19.1 Å². The van der Waals surface area contributed by atoms with Gasteiger partial charge in [-0.25, -0.2) is 8.42 Å². The summed E-state index contributed by atoms with van der Waals surface area (Å²) in [4.78, 5) is 0.407. The van der Waals surface area contributed by atoms with Crippen LogP contribution in [0.4, 0.5) is 0 Å². The molecule has 19 heavy (non-hydrogen) atoms. The van der Waals surface area contributed by atoms with Crippen LogP contribution in [0.5, 0.6) is 0 Å². The molecule has 106 valence electrons. The molecule has 1 aromatic carbocycles. The SMILES string of the molecule is Cc1ccc(CN)cc1S(=O)(=O)N1CCC(C)CC1.